The van der Waals surface area contributed by atoms with Crippen LogP contribution in [0, 0.1) is 0 Å². The molecule has 0 spiro atoms. The van der Waals surface area contributed by atoms with Crippen LogP contribution in [-0.4, -0.2) is 532 Å². The Morgan fingerprint density at radius 1 is 0.156 bits per heavy atom. The molecule has 4 N–H and O–H groups in total. The van der Waals surface area contributed by atoms with Gasteiger partial charge < -0.3 is 81.9 Å². The first-order chi connectivity index (χ1) is 22.0. The third-order valence-corrected chi connectivity index (χ3v) is 0. The molecule has 44 nitrogen and oxygen atoms in total. The summed E-state index contributed by atoms with van der Waals surface area (Å²) in [5.41, 5.74) is 0. The maximum absolute atomic E-state index is 8.74. The van der Waals surface area contributed by atoms with Crippen LogP contribution < -0.4 is 0 Å². The van der Waals surface area contributed by atoms with Crippen molar-refractivity contribution in [3.05, 3.63) is 0 Å². The maximum Gasteiger partial charge on any atom is 2.00 e. The van der Waals surface area contributed by atoms with Gasteiger partial charge in [-0.3, -0.25) is 94.0 Å². The summed E-state index contributed by atoms with van der Waals surface area (Å²) in [6.07, 6.45) is 0. The summed E-state index contributed by atoms with van der Waals surface area (Å²) in [6.45, 7) is 0. The Morgan fingerprint density at radius 2 is 0.156 bits per heavy atom. The quantitative estimate of drug-likeness (QED) is 0.0994. The third-order valence-electron chi connectivity index (χ3n) is 0. The van der Waals surface area contributed by atoms with Gasteiger partial charge in [0, 0.05) is 93.6 Å². The molecule has 0 bridgehead atoms. The molecular weight excluding hydrogens is 1420 g/mol. The van der Waals surface area contributed by atoms with Crippen LogP contribution in [0.2, 0.25) is 0 Å². The van der Waals surface area contributed by atoms with Crippen molar-refractivity contribution >= 4 is 454 Å². The van der Waals surface area contributed by atoms with E-state index in [1.165, 1.54) is 0 Å². The van der Waals surface area contributed by atoms with E-state index in [1.54, 1.807) is 0 Å². The second-order valence-corrected chi connectivity index (χ2v) is 13.7. The first kappa shape index (κ1) is 135. The summed E-state index contributed by atoms with van der Waals surface area (Å²) < 4.78 is 370. The first-order valence-corrected chi connectivity index (χ1v) is 22.2. The SMILES string of the molecule is O=S(=O)(O)O.O=S(=O)(O)O.O=S(=O)([O-])[O-].O=S(=O)([O-])[O-].O=S(=O)([O-])[O-].O=S(=O)([O-])[O-].O=S(=O)([O-])[O-].O=S(=O)([O-])[O-].O=S(=O)([O-])[O-].O=S(=O)([O-])[O-].O=S(=O)([O-])[O-].[Ca+2].[Ca+2].[Ca+2].[Ca+2].[Ca+2].[Ca+2].[Ca+2].[Ca+2].[Ca+2]. The summed E-state index contributed by atoms with van der Waals surface area (Å²) in [7, 11) is -55.8. The zero-order valence-corrected chi connectivity index (χ0v) is 57.8. The van der Waals surface area contributed by atoms with Gasteiger partial charge in [-0.15, -0.1) is 0 Å². The van der Waals surface area contributed by atoms with Crippen molar-refractivity contribution in [1.29, 1.82) is 0 Å². The van der Waals surface area contributed by atoms with Crippen molar-refractivity contribution in [2.24, 2.45) is 0 Å². The van der Waals surface area contributed by atoms with Gasteiger partial charge in [-0.25, -0.2) is 0 Å². The van der Waals surface area contributed by atoms with Crippen LogP contribution >= 0.6 is 0 Å². The summed E-state index contributed by atoms with van der Waals surface area (Å²) in [4.78, 5) is 0. The molecule has 0 aliphatic heterocycles. The minimum absolute atomic E-state index is 0. The number of rotatable bonds is 0. The van der Waals surface area contributed by atoms with Crippen LogP contribution in [0.15, 0.2) is 0 Å². The molecule has 0 saturated carbocycles. The molecule has 0 atom stereocenters. The molecule has 0 amide bonds. The summed E-state index contributed by atoms with van der Waals surface area (Å²) in [6, 6.07) is 0. The van der Waals surface area contributed by atoms with Crippen molar-refractivity contribution in [2.45, 2.75) is 0 Å². The fourth-order valence-electron chi connectivity index (χ4n) is 0. The minimum atomic E-state index is -5.17. The van der Waals surface area contributed by atoms with Crippen LogP contribution in [0.25, 0.3) is 0 Å². The van der Waals surface area contributed by atoms with Gasteiger partial charge in [0.1, 0.15) is 0 Å². The van der Waals surface area contributed by atoms with E-state index < -0.39 is 114 Å². The van der Waals surface area contributed by atoms with Crippen molar-refractivity contribution in [3.8, 4) is 0 Å². The molecule has 0 aromatic carbocycles. The van der Waals surface area contributed by atoms with Crippen LogP contribution in [0.5, 0.6) is 0 Å². The normalized spacial score (nSPS) is 9.97. The molecule has 0 aliphatic carbocycles. The molecule has 0 aromatic heterocycles. The van der Waals surface area contributed by atoms with Gasteiger partial charge in [-0.1, -0.05) is 0 Å². The van der Waals surface area contributed by atoms with Crippen LogP contribution in [0.3, 0.4) is 0 Å². The molecule has 0 fully saturated rings. The van der Waals surface area contributed by atoms with Crippen molar-refractivity contribution in [3.63, 3.8) is 0 Å². The predicted octanol–water partition coefficient (Wildman–Crippen LogP) is -16.8. The zero-order chi connectivity index (χ0) is 49.5. The Bertz CT molecular complexity index is 1560. The Balaban J connectivity index is -0.0000000182. The van der Waals surface area contributed by atoms with Crippen molar-refractivity contribution in [2.75, 3.05) is 0 Å². The number of hydrogen-bond acceptors (Lipinski definition) is 40. The van der Waals surface area contributed by atoms with E-state index in [-0.39, 0.29) is 340 Å². The molecule has 0 heterocycles. The summed E-state index contributed by atoms with van der Waals surface area (Å²) in [5, 5.41) is 0. The molecule has 0 aromatic rings. The fourth-order valence-corrected chi connectivity index (χ4v) is 0. The van der Waals surface area contributed by atoms with Gasteiger partial charge in [0.15, 0.2) is 0 Å². The van der Waals surface area contributed by atoms with Crippen LogP contribution in [0.4, 0.5) is 0 Å². The van der Waals surface area contributed by atoms with Crippen molar-refractivity contribution in [1.82, 2.24) is 0 Å². The largest absolute Gasteiger partial charge is 2.00 e. The van der Waals surface area contributed by atoms with Gasteiger partial charge >= 0.3 is 360 Å². The first-order valence-electron chi connectivity index (χ1n) is 7.40. The van der Waals surface area contributed by atoms with E-state index in [4.69, 9.17) is 193 Å². The van der Waals surface area contributed by atoms with Crippen LogP contribution in [0.1, 0.15) is 0 Å². The average Bonchev–Trinajstić information content (AvgIpc) is 2.41. The molecular formula is H4Ca9O44S11. The van der Waals surface area contributed by atoms with E-state index >= 15 is 0 Å². The topological polar surface area (TPSA) is 872 Å². The van der Waals surface area contributed by atoms with Crippen molar-refractivity contribution < 1.29 is 193 Å². The smallest absolute Gasteiger partial charge is 0.759 e. The second-order valence-electron chi connectivity index (χ2n) is 4.57. The van der Waals surface area contributed by atoms with E-state index in [0.29, 0.717) is 0 Å². The Morgan fingerprint density at radius 3 is 0.156 bits per heavy atom. The fraction of sp³-hybridized carbons (Fsp3) is 0. The molecule has 0 rings (SSSR count). The minimum Gasteiger partial charge on any atom is -0.759 e. The Labute approximate surface area is 630 Å². The third kappa shape index (κ3) is 3680. The van der Waals surface area contributed by atoms with Gasteiger partial charge in [-0.05, 0) is 0 Å². The predicted molar refractivity (Wildman–Crippen MR) is 174 cm³/mol. The molecule has 64 heavy (non-hydrogen) atoms. The van der Waals surface area contributed by atoms with Gasteiger partial charge in [0.2, 0.25) is 0 Å². The maximum atomic E-state index is 8.74. The monoisotopic (exact) mass is 1420 g/mol. The van der Waals surface area contributed by atoms with Gasteiger partial charge in [0.25, 0.3) is 0 Å². The van der Waals surface area contributed by atoms with E-state index in [9.17, 15) is 0 Å². The van der Waals surface area contributed by atoms with E-state index in [1.807, 2.05) is 0 Å². The van der Waals surface area contributed by atoms with Gasteiger partial charge in [0.05, 0.1) is 0 Å². The Hall–Kier alpha value is 9.91. The molecule has 0 saturated heterocycles. The average molecular weight is 1420 g/mol. The van der Waals surface area contributed by atoms with Gasteiger partial charge in [-0.2, -0.15) is 16.8 Å². The molecule has 64 heteroatoms. The standard InChI is InChI=1S/9Ca.11H2O4S/c;;;;;;;;;11*1-5(2,3)4/h;;;;;;;;;11*(H2,1,2,3,4)/q9*+2;;;;;;;;;;;/p-18. The molecule has 0 radical (unpaired) electrons. The Kier molecular flexibility index (Phi) is 138. The zero-order valence-electron chi connectivity index (χ0n) is 29.0. The van der Waals surface area contributed by atoms with E-state index in [2.05, 4.69) is 0 Å². The van der Waals surface area contributed by atoms with Crippen LogP contribution in [-0.2, 0) is 114 Å². The summed E-state index contributed by atoms with van der Waals surface area (Å²) in [5.74, 6) is 0. The number of hydrogen-bond donors (Lipinski definition) is 4. The molecule has 0 aliphatic rings. The molecule has 352 valence electrons. The van der Waals surface area contributed by atoms with E-state index in [0.717, 1.165) is 0 Å². The molecule has 0 unspecified atom stereocenters. The second kappa shape index (κ2) is 65.4. The summed E-state index contributed by atoms with van der Waals surface area (Å²) >= 11 is 0.